The Bertz CT molecular complexity index is 837. The minimum atomic E-state index is -1.05. The van der Waals surface area contributed by atoms with Crippen molar-refractivity contribution in [1.29, 1.82) is 0 Å². The maximum absolute atomic E-state index is 14.3. The van der Waals surface area contributed by atoms with Gasteiger partial charge in [0.15, 0.2) is 0 Å². The van der Waals surface area contributed by atoms with E-state index in [0.29, 0.717) is 6.07 Å². The van der Waals surface area contributed by atoms with Crippen molar-refractivity contribution in [2.75, 3.05) is 0 Å². The van der Waals surface area contributed by atoms with Crippen molar-refractivity contribution in [3.63, 3.8) is 0 Å². The number of carbonyl (C=O) groups excluding carboxylic acids is 1. The highest BCUT2D eigenvalue weighted by atomic mass is 19.1. The Hall–Kier alpha value is -2.25. The molecule has 27 heavy (non-hydrogen) atoms. The summed E-state index contributed by atoms with van der Waals surface area (Å²) in [5, 5.41) is 0. The number of hydrogen-bond acceptors (Lipinski definition) is 4. The van der Waals surface area contributed by atoms with Gasteiger partial charge in [-0.25, -0.2) is 13.6 Å². The van der Waals surface area contributed by atoms with Crippen LogP contribution in [0, 0.1) is 11.6 Å². The second-order valence-corrected chi connectivity index (χ2v) is 7.50. The van der Waals surface area contributed by atoms with Gasteiger partial charge >= 0.3 is 13.1 Å². The first kappa shape index (κ1) is 19.5. The summed E-state index contributed by atoms with van der Waals surface area (Å²) in [6, 6.07) is 10.8. The number of benzene rings is 2. The van der Waals surface area contributed by atoms with Crippen molar-refractivity contribution in [1.82, 2.24) is 0 Å². The molecule has 1 fully saturated rings. The van der Waals surface area contributed by atoms with Gasteiger partial charge in [0.1, 0.15) is 18.2 Å². The summed E-state index contributed by atoms with van der Waals surface area (Å²) in [5.74, 6) is -2.72. The van der Waals surface area contributed by atoms with E-state index >= 15 is 0 Å². The third kappa shape index (κ3) is 3.89. The molecule has 142 valence electrons. The van der Waals surface area contributed by atoms with E-state index in [2.05, 4.69) is 0 Å². The van der Waals surface area contributed by atoms with Crippen molar-refractivity contribution in [3.05, 3.63) is 65.2 Å². The first-order valence-corrected chi connectivity index (χ1v) is 8.66. The normalized spacial score (nSPS) is 17.8. The summed E-state index contributed by atoms with van der Waals surface area (Å²) in [6.45, 7) is 7.28. The van der Waals surface area contributed by atoms with Gasteiger partial charge in [0.25, 0.3) is 0 Å². The molecule has 1 saturated heterocycles. The van der Waals surface area contributed by atoms with Gasteiger partial charge in [-0.1, -0.05) is 30.3 Å². The van der Waals surface area contributed by atoms with Crippen LogP contribution in [0.15, 0.2) is 42.5 Å². The van der Waals surface area contributed by atoms with Crippen molar-refractivity contribution >= 4 is 18.6 Å². The molecule has 0 bridgehead atoms. The highest BCUT2D eigenvalue weighted by Crippen LogP contribution is 2.36. The highest BCUT2D eigenvalue weighted by molar-refractivity contribution is 6.62. The highest BCUT2D eigenvalue weighted by Gasteiger charge is 2.52. The van der Waals surface area contributed by atoms with Crippen LogP contribution in [0.1, 0.15) is 43.6 Å². The lowest BCUT2D eigenvalue weighted by atomic mass is 9.78. The van der Waals surface area contributed by atoms with E-state index in [1.807, 2.05) is 33.8 Å². The standard InChI is InChI=1S/C20H21BF2O4/c1-19(2)20(3,4)27-21(26-19)15-10-14(16(22)11-17(15)23)18(24)25-12-13-8-6-5-7-9-13/h5-11H,12H2,1-4H3. The maximum atomic E-state index is 14.3. The zero-order valence-electron chi connectivity index (χ0n) is 15.7. The quantitative estimate of drug-likeness (QED) is 0.606. The topological polar surface area (TPSA) is 44.8 Å². The van der Waals surface area contributed by atoms with E-state index in [0.717, 1.165) is 11.6 Å². The number of hydrogen-bond donors (Lipinski definition) is 0. The monoisotopic (exact) mass is 374 g/mol. The third-order valence-electron chi connectivity index (χ3n) is 5.03. The molecular formula is C20H21BF2O4. The largest absolute Gasteiger partial charge is 0.497 e. The van der Waals surface area contributed by atoms with Crippen LogP contribution >= 0.6 is 0 Å². The molecule has 0 aromatic heterocycles. The van der Waals surface area contributed by atoms with Crippen LogP contribution < -0.4 is 5.46 Å². The van der Waals surface area contributed by atoms with Crippen molar-refractivity contribution in [2.24, 2.45) is 0 Å². The summed E-state index contributed by atoms with van der Waals surface area (Å²) in [6.07, 6.45) is 0. The number of rotatable bonds is 4. The summed E-state index contributed by atoms with van der Waals surface area (Å²) < 4.78 is 45.3. The van der Waals surface area contributed by atoms with Crippen molar-refractivity contribution in [2.45, 2.75) is 45.5 Å². The van der Waals surface area contributed by atoms with Crippen LogP contribution in [0.5, 0.6) is 0 Å². The van der Waals surface area contributed by atoms with E-state index in [4.69, 9.17) is 14.0 Å². The van der Waals surface area contributed by atoms with Gasteiger partial charge in [0.05, 0.1) is 16.8 Å². The summed E-state index contributed by atoms with van der Waals surface area (Å²) >= 11 is 0. The van der Waals surface area contributed by atoms with Gasteiger partial charge in [-0.2, -0.15) is 0 Å². The van der Waals surface area contributed by atoms with Crippen LogP contribution in [0.25, 0.3) is 0 Å². The SMILES string of the molecule is CC1(C)OB(c2cc(C(=O)OCc3ccccc3)c(F)cc2F)OC1(C)C. The van der Waals surface area contributed by atoms with Crippen LogP contribution in [-0.4, -0.2) is 24.3 Å². The molecule has 0 atom stereocenters. The lowest BCUT2D eigenvalue weighted by Crippen LogP contribution is -2.41. The molecule has 3 rings (SSSR count). The molecule has 0 spiro atoms. The molecular weight excluding hydrogens is 353 g/mol. The Morgan fingerprint density at radius 1 is 1.00 bits per heavy atom. The number of ether oxygens (including phenoxy) is 1. The lowest BCUT2D eigenvalue weighted by Gasteiger charge is -2.32. The summed E-state index contributed by atoms with van der Waals surface area (Å²) in [5.41, 5.74) is -1.02. The number of esters is 1. The molecule has 0 radical (unpaired) electrons. The van der Waals surface area contributed by atoms with Gasteiger partial charge in [-0.15, -0.1) is 0 Å². The van der Waals surface area contributed by atoms with E-state index < -0.39 is 35.9 Å². The smallest absolute Gasteiger partial charge is 0.457 e. The van der Waals surface area contributed by atoms with Crippen LogP contribution in [0.3, 0.4) is 0 Å². The fourth-order valence-electron chi connectivity index (χ4n) is 2.67. The molecule has 0 saturated carbocycles. The average molecular weight is 374 g/mol. The fraction of sp³-hybridized carbons (Fsp3) is 0.350. The Balaban J connectivity index is 1.83. The molecule has 2 aromatic rings. The van der Waals surface area contributed by atoms with Crippen molar-refractivity contribution in [3.8, 4) is 0 Å². The van der Waals surface area contributed by atoms with Gasteiger partial charge in [0.2, 0.25) is 0 Å². The predicted octanol–water partition coefficient (Wildman–Crippen LogP) is 3.62. The first-order chi connectivity index (χ1) is 12.6. The van der Waals surface area contributed by atoms with Gasteiger partial charge in [0, 0.05) is 11.5 Å². The number of carbonyl (C=O) groups is 1. The average Bonchev–Trinajstić information content (AvgIpc) is 2.81. The minimum absolute atomic E-state index is 0.0116. The molecule has 7 heteroatoms. The van der Waals surface area contributed by atoms with Gasteiger partial charge in [-0.3, -0.25) is 0 Å². The summed E-state index contributed by atoms with van der Waals surface area (Å²) in [7, 11) is -1.05. The van der Waals surface area contributed by atoms with Gasteiger partial charge < -0.3 is 14.0 Å². The second-order valence-electron chi connectivity index (χ2n) is 7.50. The maximum Gasteiger partial charge on any atom is 0.497 e. The molecule has 4 nitrogen and oxygen atoms in total. The number of halogens is 2. The minimum Gasteiger partial charge on any atom is -0.457 e. The van der Waals surface area contributed by atoms with E-state index in [1.165, 1.54) is 0 Å². The molecule has 0 unspecified atom stereocenters. The van der Waals surface area contributed by atoms with E-state index in [1.54, 1.807) is 24.3 Å². The molecule has 1 aliphatic rings. The fourth-order valence-corrected chi connectivity index (χ4v) is 2.67. The Morgan fingerprint density at radius 2 is 1.59 bits per heavy atom. The third-order valence-corrected chi connectivity index (χ3v) is 5.03. The first-order valence-electron chi connectivity index (χ1n) is 8.66. The Kier molecular flexibility index (Phi) is 5.10. The van der Waals surface area contributed by atoms with E-state index in [-0.39, 0.29) is 17.6 Å². The molecule has 0 amide bonds. The molecule has 0 N–H and O–H groups in total. The van der Waals surface area contributed by atoms with Crippen LogP contribution in [0.2, 0.25) is 0 Å². The zero-order chi connectivity index (χ0) is 19.8. The molecule has 1 heterocycles. The molecule has 2 aromatic carbocycles. The zero-order valence-corrected chi connectivity index (χ0v) is 15.7. The molecule has 1 aliphatic heterocycles. The van der Waals surface area contributed by atoms with Crippen molar-refractivity contribution < 1.29 is 27.6 Å². The Labute approximate surface area is 157 Å². The molecule has 0 aliphatic carbocycles. The van der Waals surface area contributed by atoms with Gasteiger partial charge in [-0.05, 0) is 39.3 Å². The Morgan fingerprint density at radius 3 is 2.19 bits per heavy atom. The summed E-state index contributed by atoms with van der Waals surface area (Å²) in [4.78, 5) is 12.3. The predicted molar refractivity (Wildman–Crippen MR) is 97.6 cm³/mol. The second kappa shape index (κ2) is 7.05. The van der Waals surface area contributed by atoms with Crippen LogP contribution in [-0.2, 0) is 20.7 Å². The lowest BCUT2D eigenvalue weighted by molar-refractivity contribution is 0.00578. The van der Waals surface area contributed by atoms with Crippen LogP contribution in [0.4, 0.5) is 8.78 Å². The van der Waals surface area contributed by atoms with E-state index in [9.17, 15) is 13.6 Å².